The van der Waals surface area contributed by atoms with Gasteiger partial charge < -0.3 is 5.32 Å². The lowest BCUT2D eigenvalue weighted by Crippen LogP contribution is -2.34. The molecule has 0 spiro atoms. The number of benzene rings is 1. The summed E-state index contributed by atoms with van der Waals surface area (Å²) in [4.78, 5) is 23.3. The minimum Gasteiger partial charge on any atom is -0.348 e. The van der Waals surface area contributed by atoms with Gasteiger partial charge in [0.1, 0.15) is 6.54 Å². The largest absolute Gasteiger partial charge is 0.348 e. The van der Waals surface area contributed by atoms with E-state index in [4.69, 9.17) is 0 Å². The summed E-state index contributed by atoms with van der Waals surface area (Å²) in [5.74, 6) is -0.239. The van der Waals surface area contributed by atoms with Crippen LogP contribution < -0.4 is 10.9 Å². The van der Waals surface area contributed by atoms with E-state index in [1.54, 1.807) is 6.07 Å². The molecule has 5 heteroatoms. The first-order valence-corrected chi connectivity index (χ1v) is 6.03. The highest BCUT2D eigenvalue weighted by Gasteiger charge is 2.10. The number of nitrogens with zero attached hydrogens (tertiary/aromatic N) is 2. The van der Waals surface area contributed by atoms with Crippen molar-refractivity contribution in [3.8, 4) is 0 Å². The Morgan fingerprint density at radius 2 is 2.00 bits per heavy atom. The smallest absolute Gasteiger partial charge is 0.267 e. The van der Waals surface area contributed by atoms with Gasteiger partial charge in [-0.2, -0.15) is 5.10 Å². The van der Waals surface area contributed by atoms with Gasteiger partial charge in [0.15, 0.2) is 0 Å². The van der Waals surface area contributed by atoms with Gasteiger partial charge in [0.05, 0.1) is 6.04 Å². The molecule has 0 saturated heterocycles. The molecule has 0 fully saturated rings. The Morgan fingerprint density at radius 1 is 1.26 bits per heavy atom. The lowest BCUT2D eigenvalue weighted by atomic mass is 10.1. The van der Waals surface area contributed by atoms with Crippen molar-refractivity contribution < 1.29 is 4.79 Å². The van der Waals surface area contributed by atoms with Crippen molar-refractivity contribution in [2.45, 2.75) is 19.5 Å². The Balaban J connectivity index is 1.99. The number of aromatic nitrogens is 2. The van der Waals surface area contributed by atoms with Gasteiger partial charge >= 0.3 is 0 Å². The molecule has 1 atom stereocenters. The minimum absolute atomic E-state index is 0.0726. The summed E-state index contributed by atoms with van der Waals surface area (Å²) in [6, 6.07) is 12.5. The molecule has 0 aliphatic rings. The molecule has 1 aromatic carbocycles. The third-order valence-electron chi connectivity index (χ3n) is 2.76. The number of hydrogen-bond donors (Lipinski definition) is 1. The van der Waals surface area contributed by atoms with Gasteiger partial charge in [0.25, 0.3) is 5.56 Å². The maximum Gasteiger partial charge on any atom is 0.267 e. The van der Waals surface area contributed by atoms with Crippen LogP contribution in [0.4, 0.5) is 0 Å². The predicted molar refractivity (Wildman–Crippen MR) is 71.5 cm³/mol. The normalized spacial score (nSPS) is 11.8. The standard InChI is InChI=1S/C14H15N3O2/c1-11(12-6-3-2-4-7-12)16-13(18)10-17-14(19)8-5-9-15-17/h2-9,11H,10H2,1H3,(H,16,18)/t11-/m0/s1. The summed E-state index contributed by atoms with van der Waals surface area (Å²) in [5, 5.41) is 6.67. The summed E-state index contributed by atoms with van der Waals surface area (Å²) < 4.78 is 1.13. The van der Waals surface area contributed by atoms with E-state index >= 15 is 0 Å². The molecule has 1 amide bonds. The first kappa shape index (κ1) is 13.0. The minimum atomic E-state index is -0.287. The highest BCUT2D eigenvalue weighted by atomic mass is 16.2. The first-order valence-electron chi connectivity index (χ1n) is 6.03. The van der Waals surface area contributed by atoms with Gasteiger partial charge in [-0.25, -0.2) is 4.68 Å². The van der Waals surface area contributed by atoms with Crippen LogP contribution in [0.15, 0.2) is 53.5 Å². The fraction of sp³-hybridized carbons (Fsp3) is 0.214. The van der Waals surface area contributed by atoms with Crippen LogP contribution in [-0.2, 0) is 11.3 Å². The Morgan fingerprint density at radius 3 is 2.68 bits per heavy atom. The van der Waals surface area contributed by atoms with Crippen LogP contribution in [0.2, 0.25) is 0 Å². The zero-order valence-electron chi connectivity index (χ0n) is 10.6. The number of carbonyl (C=O) groups is 1. The Bertz CT molecular complexity index is 607. The summed E-state index contributed by atoms with van der Waals surface area (Å²) >= 11 is 0. The molecule has 2 rings (SSSR count). The van der Waals surface area contributed by atoms with Crippen molar-refractivity contribution in [1.82, 2.24) is 15.1 Å². The molecule has 0 radical (unpaired) electrons. The van der Waals surface area contributed by atoms with Crippen molar-refractivity contribution >= 4 is 5.91 Å². The zero-order chi connectivity index (χ0) is 13.7. The van der Waals surface area contributed by atoms with E-state index < -0.39 is 0 Å². The molecule has 1 N–H and O–H groups in total. The van der Waals surface area contributed by atoms with Crippen LogP contribution in [-0.4, -0.2) is 15.7 Å². The third kappa shape index (κ3) is 3.51. The highest BCUT2D eigenvalue weighted by Crippen LogP contribution is 2.10. The average Bonchev–Trinajstić information content (AvgIpc) is 2.42. The Hall–Kier alpha value is -2.43. The maximum atomic E-state index is 11.8. The van der Waals surface area contributed by atoms with Gasteiger partial charge in [-0.3, -0.25) is 9.59 Å². The molecule has 1 heterocycles. The third-order valence-corrected chi connectivity index (χ3v) is 2.76. The number of carbonyl (C=O) groups excluding carboxylic acids is 1. The molecule has 1 aromatic heterocycles. The fourth-order valence-electron chi connectivity index (χ4n) is 1.75. The topological polar surface area (TPSA) is 64.0 Å². The summed E-state index contributed by atoms with van der Waals surface area (Å²) in [6.07, 6.45) is 1.48. The number of nitrogens with one attached hydrogen (secondary N) is 1. The molecule has 0 unspecified atom stereocenters. The summed E-state index contributed by atoms with van der Waals surface area (Å²) in [7, 11) is 0. The molecule has 19 heavy (non-hydrogen) atoms. The number of hydrogen-bond acceptors (Lipinski definition) is 3. The second-order valence-corrected chi connectivity index (χ2v) is 4.22. The van der Waals surface area contributed by atoms with E-state index in [-0.39, 0.29) is 24.1 Å². The fourth-order valence-corrected chi connectivity index (χ4v) is 1.75. The highest BCUT2D eigenvalue weighted by molar-refractivity contribution is 5.76. The molecule has 2 aromatic rings. The SMILES string of the molecule is C[C@H](NC(=O)Cn1ncccc1=O)c1ccccc1. The van der Waals surface area contributed by atoms with Crippen LogP contribution in [0, 0.1) is 0 Å². The van der Waals surface area contributed by atoms with E-state index in [0.717, 1.165) is 10.2 Å². The Labute approximate surface area is 110 Å². The first-order chi connectivity index (χ1) is 9.16. The second-order valence-electron chi connectivity index (χ2n) is 4.22. The molecular formula is C14H15N3O2. The molecule has 5 nitrogen and oxygen atoms in total. The quantitative estimate of drug-likeness (QED) is 0.892. The van der Waals surface area contributed by atoms with E-state index in [9.17, 15) is 9.59 Å². The van der Waals surface area contributed by atoms with Gasteiger partial charge in [0, 0.05) is 12.3 Å². The predicted octanol–water partition coefficient (Wildman–Crippen LogP) is 1.12. The second kappa shape index (κ2) is 5.95. The number of amides is 1. The van der Waals surface area contributed by atoms with E-state index in [1.807, 2.05) is 37.3 Å². The van der Waals surface area contributed by atoms with Crippen LogP contribution in [0.1, 0.15) is 18.5 Å². The molecular weight excluding hydrogens is 242 g/mol. The molecule has 98 valence electrons. The van der Waals surface area contributed by atoms with Gasteiger partial charge in [-0.05, 0) is 18.6 Å². The van der Waals surface area contributed by atoms with E-state index in [2.05, 4.69) is 10.4 Å². The van der Waals surface area contributed by atoms with E-state index in [1.165, 1.54) is 12.3 Å². The molecule has 0 bridgehead atoms. The van der Waals surface area contributed by atoms with Crippen LogP contribution in [0.25, 0.3) is 0 Å². The van der Waals surface area contributed by atoms with Crippen molar-refractivity contribution in [3.63, 3.8) is 0 Å². The summed E-state index contributed by atoms with van der Waals surface area (Å²) in [6.45, 7) is 1.82. The van der Waals surface area contributed by atoms with Crippen molar-refractivity contribution in [2.75, 3.05) is 0 Å². The van der Waals surface area contributed by atoms with Crippen LogP contribution >= 0.6 is 0 Å². The lowest BCUT2D eigenvalue weighted by Gasteiger charge is -2.14. The van der Waals surface area contributed by atoms with Crippen LogP contribution in [0.3, 0.4) is 0 Å². The van der Waals surface area contributed by atoms with Crippen molar-refractivity contribution in [2.24, 2.45) is 0 Å². The van der Waals surface area contributed by atoms with Crippen molar-refractivity contribution in [1.29, 1.82) is 0 Å². The molecule has 0 aliphatic heterocycles. The van der Waals surface area contributed by atoms with Gasteiger partial charge in [0.2, 0.25) is 5.91 Å². The van der Waals surface area contributed by atoms with Crippen LogP contribution in [0.5, 0.6) is 0 Å². The van der Waals surface area contributed by atoms with Gasteiger partial charge in [-0.1, -0.05) is 30.3 Å². The lowest BCUT2D eigenvalue weighted by molar-refractivity contribution is -0.122. The van der Waals surface area contributed by atoms with Crippen molar-refractivity contribution in [3.05, 3.63) is 64.6 Å². The maximum absolute atomic E-state index is 11.8. The zero-order valence-corrected chi connectivity index (χ0v) is 10.6. The van der Waals surface area contributed by atoms with E-state index in [0.29, 0.717) is 0 Å². The Kier molecular flexibility index (Phi) is 4.07. The molecule has 0 saturated carbocycles. The average molecular weight is 257 g/mol. The van der Waals surface area contributed by atoms with Gasteiger partial charge in [-0.15, -0.1) is 0 Å². The number of rotatable bonds is 4. The monoisotopic (exact) mass is 257 g/mol. The molecule has 0 aliphatic carbocycles. The summed E-state index contributed by atoms with van der Waals surface area (Å²) in [5.41, 5.74) is 0.731.